The van der Waals surface area contributed by atoms with Gasteiger partial charge in [-0.15, -0.1) is 0 Å². The Bertz CT molecular complexity index is 545. The summed E-state index contributed by atoms with van der Waals surface area (Å²) in [6.07, 6.45) is -1.70. The summed E-state index contributed by atoms with van der Waals surface area (Å²) in [7, 11) is -3.96. The van der Waals surface area contributed by atoms with E-state index in [1.54, 1.807) is 13.0 Å². The van der Waals surface area contributed by atoms with Gasteiger partial charge in [0.25, 0.3) is 6.43 Å². The van der Waals surface area contributed by atoms with Crippen molar-refractivity contribution in [2.45, 2.75) is 38.0 Å². The third-order valence-corrected chi connectivity index (χ3v) is 4.27. The number of anilines is 1. The average Bonchev–Trinajstić information content (AvgIpc) is 2.35. The van der Waals surface area contributed by atoms with Crippen LogP contribution in [-0.2, 0) is 22.9 Å². The molecular weight excluding hydrogens is 274 g/mol. The Kier molecular flexibility index (Phi) is 5.25. The molecule has 0 aliphatic carbocycles. The Morgan fingerprint density at radius 2 is 1.89 bits per heavy atom. The van der Waals surface area contributed by atoms with Gasteiger partial charge in [-0.05, 0) is 36.1 Å². The zero-order valence-electron chi connectivity index (χ0n) is 10.9. The SMILES string of the molecule is CCc1cc(N)c(CC)c(S(=O)(=O)NCC(F)F)c1. The molecule has 0 aliphatic rings. The van der Waals surface area contributed by atoms with Crippen LogP contribution in [-0.4, -0.2) is 21.4 Å². The molecular formula is C12H18F2N2O2S. The van der Waals surface area contributed by atoms with Crippen LogP contribution in [0.1, 0.15) is 25.0 Å². The van der Waals surface area contributed by atoms with Gasteiger partial charge in [0.05, 0.1) is 11.4 Å². The van der Waals surface area contributed by atoms with Gasteiger partial charge in [-0.3, -0.25) is 0 Å². The van der Waals surface area contributed by atoms with Gasteiger partial charge < -0.3 is 5.73 Å². The molecule has 1 aromatic rings. The summed E-state index contributed by atoms with van der Waals surface area (Å²) in [5.74, 6) is 0. The summed E-state index contributed by atoms with van der Waals surface area (Å²) in [6.45, 7) is 2.73. The number of aryl methyl sites for hydroxylation is 1. The number of sulfonamides is 1. The van der Waals surface area contributed by atoms with E-state index in [1.165, 1.54) is 6.07 Å². The number of hydrogen-bond donors (Lipinski definition) is 2. The summed E-state index contributed by atoms with van der Waals surface area (Å²) in [5.41, 5.74) is 7.41. The van der Waals surface area contributed by atoms with Crippen LogP contribution in [0.4, 0.5) is 14.5 Å². The van der Waals surface area contributed by atoms with E-state index in [0.29, 0.717) is 24.1 Å². The van der Waals surface area contributed by atoms with Crippen molar-refractivity contribution in [2.24, 2.45) is 0 Å². The quantitative estimate of drug-likeness (QED) is 0.787. The third-order valence-electron chi connectivity index (χ3n) is 2.78. The highest BCUT2D eigenvalue weighted by molar-refractivity contribution is 7.89. The predicted octanol–water partition coefficient (Wildman–Crippen LogP) is 1.94. The average molecular weight is 292 g/mol. The lowest BCUT2D eigenvalue weighted by molar-refractivity contribution is 0.153. The van der Waals surface area contributed by atoms with Crippen LogP contribution in [0.15, 0.2) is 17.0 Å². The number of hydrogen-bond acceptors (Lipinski definition) is 3. The van der Waals surface area contributed by atoms with Crippen molar-refractivity contribution in [3.8, 4) is 0 Å². The van der Waals surface area contributed by atoms with Crippen LogP contribution in [0.5, 0.6) is 0 Å². The molecule has 0 heterocycles. The highest BCUT2D eigenvalue weighted by atomic mass is 32.2. The second-order valence-corrected chi connectivity index (χ2v) is 5.85. The summed E-state index contributed by atoms with van der Waals surface area (Å²) in [5, 5.41) is 0. The highest BCUT2D eigenvalue weighted by Gasteiger charge is 2.21. The monoisotopic (exact) mass is 292 g/mol. The lowest BCUT2D eigenvalue weighted by Gasteiger charge is -2.14. The van der Waals surface area contributed by atoms with E-state index in [9.17, 15) is 17.2 Å². The van der Waals surface area contributed by atoms with E-state index in [4.69, 9.17) is 5.73 Å². The van der Waals surface area contributed by atoms with Gasteiger partial charge in [-0.1, -0.05) is 13.8 Å². The number of halogens is 2. The second kappa shape index (κ2) is 6.29. The summed E-state index contributed by atoms with van der Waals surface area (Å²) >= 11 is 0. The van der Waals surface area contributed by atoms with Crippen LogP contribution < -0.4 is 10.5 Å². The van der Waals surface area contributed by atoms with Crippen molar-refractivity contribution in [1.29, 1.82) is 0 Å². The number of nitrogen functional groups attached to an aromatic ring is 1. The Balaban J connectivity index is 3.27. The zero-order chi connectivity index (χ0) is 14.6. The van der Waals surface area contributed by atoms with Crippen molar-refractivity contribution in [2.75, 3.05) is 12.3 Å². The van der Waals surface area contributed by atoms with Crippen LogP contribution in [0.25, 0.3) is 0 Å². The smallest absolute Gasteiger partial charge is 0.251 e. The number of benzene rings is 1. The summed E-state index contributed by atoms with van der Waals surface area (Å²) < 4.78 is 50.2. The van der Waals surface area contributed by atoms with E-state index in [0.717, 1.165) is 5.56 Å². The molecule has 0 radical (unpaired) electrons. The number of nitrogens with one attached hydrogen (secondary N) is 1. The van der Waals surface area contributed by atoms with Gasteiger partial charge in [0.15, 0.2) is 0 Å². The molecule has 0 spiro atoms. The lowest BCUT2D eigenvalue weighted by atomic mass is 10.1. The van der Waals surface area contributed by atoms with Gasteiger partial charge in [0, 0.05) is 5.69 Å². The molecule has 0 aromatic heterocycles. The first-order valence-corrected chi connectivity index (χ1v) is 7.49. The molecule has 4 nitrogen and oxygen atoms in total. The molecule has 7 heteroatoms. The molecule has 3 N–H and O–H groups in total. The van der Waals surface area contributed by atoms with Crippen molar-refractivity contribution >= 4 is 15.7 Å². The van der Waals surface area contributed by atoms with E-state index in [-0.39, 0.29) is 4.90 Å². The van der Waals surface area contributed by atoms with Crippen molar-refractivity contribution < 1.29 is 17.2 Å². The zero-order valence-corrected chi connectivity index (χ0v) is 11.7. The molecule has 1 rings (SSSR count). The highest BCUT2D eigenvalue weighted by Crippen LogP contribution is 2.25. The normalized spacial score (nSPS) is 12.1. The van der Waals surface area contributed by atoms with Gasteiger partial charge in [0.2, 0.25) is 10.0 Å². The number of rotatable bonds is 6. The van der Waals surface area contributed by atoms with Crippen LogP contribution in [0.2, 0.25) is 0 Å². The van der Waals surface area contributed by atoms with Gasteiger partial charge >= 0.3 is 0 Å². The van der Waals surface area contributed by atoms with E-state index >= 15 is 0 Å². The molecule has 0 fully saturated rings. The van der Waals surface area contributed by atoms with Crippen LogP contribution >= 0.6 is 0 Å². The molecule has 0 unspecified atom stereocenters. The van der Waals surface area contributed by atoms with Crippen LogP contribution in [0.3, 0.4) is 0 Å². The maximum absolute atomic E-state index is 12.1. The van der Waals surface area contributed by atoms with Crippen molar-refractivity contribution in [3.63, 3.8) is 0 Å². The maximum Gasteiger partial charge on any atom is 0.251 e. The Morgan fingerprint density at radius 1 is 1.26 bits per heavy atom. The molecule has 0 bridgehead atoms. The minimum absolute atomic E-state index is 0.00694. The van der Waals surface area contributed by atoms with E-state index in [1.807, 2.05) is 11.6 Å². The molecule has 0 saturated heterocycles. The lowest BCUT2D eigenvalue weighted by Crippen LogP contribution is -2.29. The molecule has 0 amide bonds. The molecule has 0 atom stereocenters. The van der Waals surface area contributed by atoms with Crippen molar-refractivity contribution in [1.82, 2.24) is 4.72 Å². The first kappa shape index (κ1) is 15.8. The fraction of sp³-hybridized carbons (Fsp3) is 0.500. The maximum atomic E-state index is 12.1. The Labute approximate surface area is 112 Å². The molecule has 0 aliphatic heterocycles. The van der Waals surface area contributed by atoms with Gasteiger partial charge in [0.1, 0.15) is 0 Å². The largest absolute Gasteiger partial charge is 0.398 e. The summed E-state index contributed by atoms with van der Waals surface area (Å²) in [4.78, 5) is -0.00694. The summed E-state index contributed by atoms with van der Waals surface area (Å²) in [6, 6.07) is 3.20. The Morgan fingerprint density at radius 3 is 2.37 bits per heavy atom. The third kappa shape index (κ3) is 3.87. The minimum Gasteiger partial charge on any atom is -0.398 e. The van der Waals surface area contributed by atoms with Crippen molar-refractivity contribution in [3.05, 3.63) is 23.3 Å². The Hall–Kier alpha value is -1.21. The molecule has 1 aromatic carbocycles. The predicted molar refractivity (Wildman–Crippen MR) is 70.8 cm³/mol. The number of alkyl halides is 2. The molecule has 0 saturated carbocycles. The first-order chi connectivity index (χ1) is 8.81. The standard InChI is InChI=1S/C12H18F2N2O2S/c1-3-8-5-10(15)9(4-2)11(6-8)19(17,18)16-7-12(13)14/h5-6,12,16H,3-4,7,15H2,1-2H3. The van der Waals surface area contributed by atoms with Crippen LogP contribution in [0, 0.1) is 0 Å². The topological polar surface area (TPSA) is 72.2 Å². The van der Waals surface area contributed by atoms with E-state index in [2.05, 4.69) is 0 Å². The van der Waals surface area contributed by atoms with E-state index < -0.39 is 23.0 Å². The first-order valence-electron chi connectivity index (χ1n) is 6.00. The molecule has 108 valence electrons. The minimum atomic E-state index is -3.96. The molecule has 19 heavy (non-hydrogen) atoms. The second-order valence-electron chi connectivity index (χ2n) is 4.11. The van der Waals surface area contributed by atoms with Gasteiger partial charge in [-0.25, -0.2) is 21.9 Å². The fourth-order valence-electron chi connectivity index (χ4n) is 1.80. The van der Waals surface area contributed by atoms with Gasteiger partial charge in [-0.2, -0.15) is 0 Å². The fourth-order valence-corrected chi connectivity index (χ4v) is 3.19. The number of nitrogens with two attached hydrogens (primary N) is 1.